The summed E-state index contributed by atoms with van der Waals surface area (Å²) in [5, 5.41) is 3.27. The molecule has 0 saturated carbocycles. The maximum atomic E-state index is 13.0. The van der Waals surface area contributed by atoms with Crippen LogP contribution in [0.3, 0.4) is 0 Å². The van der Waals surface area contributed by atoms with E-state index in [-0.39, 0.29) is 5.88 Å². The number of nitrogens with one attached hydrogen (secondary N) is 1. The minimum Gasteiger partial charge on any atom is -0.479 e. The van der Waals surface area contributed by atoms with E-state index in [1.54, 1.807) is 0 Å². The maximum Gasteiger partial charge on any atom is 0.253 e. The number of rotatable bonds is 3. The van der Waals surface area contributed by atoms with E-state index in [0.717, 1.165) is 25.9 Å². The van der Waals surface area contributed by atoms with Gasteiger partial charge in [0.1, 0.15) is 5.82 Å². The first-order valence-corrected chi connectivity index (χ1v) is 5.05. The second-order valence-corrected chi connectivity index (χ2v) is 3.71. The second-order valence-electron chi connectivity index (χ2n) is 3.71. The molecule has 1 aliphatic rings. The molecule has 0 unspecified atom stereocenters. The molecule has 1 saturated heterocycles. The van der Waals surface area contributed by atoms with Crippen molar-refractivity contribution < 1.29 is 9.13 Å². The van der Waals surface area contributed by atoms with Crippen LogP contribution in [-0.4, -0.2) is 30.2 Å². The molecule has 2 heterocycles. The van der Waals surface area contributed by atoms with Crippen molar-refractivity contribution in [3.8, 4) is 5.88 Å². The summed E-state index contributed by atoms with van der Waals surface area (Å²) in [6.07, 6.45) is 3.08. The highest BCUT2D eigenvalue weighted by molar-refractivity contribution is 5.11. The highest BCUT2D eigenvalue weighted by Gasteiger charge is 2.17. The fraction of sp³-hybridized carbons (Fsp3) is 0.600. The molecule has 0 radical (unpaired) electrons. The lowest BCUT2D eigenvalue weighted by Gasteiger charge is -2.07. The van der Waals surface area contributed by atoms with E-state index in [2.05, 4.69) is 15.3 Å². The van der Waals surface area contributed by atoms with Crippen molar-refractivity contribution in [2.24, 2.45) is 5.92 Å². The molecular formula is C10H14FN3O. The van der Waals surface area contributed by atoms with Gasteiger partial charge in [0.15, 0.2) is 0 Å². The molecule has 1 fully saturated rings. The number of ether oxygens (including phenoxy) is 1. The van der Waals surface area contributed by atoms with Crippen LogP contribution in [0.4, 0.5) is 4.39 Å². The number of aromatic nitrogens is 2. The van der Waals surface area contributed by atoms with Crippen molar-refractivity contribution >= 4 is 0 Å². The van der Waals surface area contributed by atoms with Crippen LogP contribution in [0, 0.1) is 11.7 Å². The van der Waals surface area contributed by atoms with E-state index < -0.39 is 5.82 Å². The molecule has 1 aliphatic heterocycles. The number of nitrogens with zero attached hydrogens (tertiary/aromatic N) is 2. The predicted octanol–water partition coefficient (Wildman–Crippen LogP) is 0.776. The zero-order chi connectivity index (χ0) is 10.7. The van der Waals surface area contributed by atoms with Gasteiger partial charge in [-0.3, -0.25) is 0 Å². The number of hydrogen-bond donors (Lipinski definition) is 1. The zero-order valence-electron chi connectivity index (χ0n) is 8.66. The Hall–Kier alpha value is -1.23. The van der Waals surface area contributed by atoms with Crippen molar-refractivity contribution in [2.75, 3.05) is 20.2 Å². The molecule has 2 rings (SSSR count). The van der Waals surface area contributed by atoms with Gasteiger partial charge in [0, 0.05) is 6.42 Å². The topological polar surface area (TPSA) is 47.0 Å². The summed E-state index contributed by atoms with van der Waals surface area (Å²) < 4.78 is 17.8. The Balaban J connectivity index is 2.07. The third kappa shape index (κ3) is 2.41. The average molecular weight is 211 g/mol. The van der Waals surface area contributed by atoms with Crippen LogP contribution in [0.1, 0.15) is 12.2 Å². The van der Waals surface area contributed by atoms with Crippen LogP contribution >= 0.6 is 0 Å². The van der Waals surface area contributed by atoms with E-state index >= 15 is 0 Å². The summed E-state index contributed by atoms with van der Waals surface area (Å²) in [6, 6.07) is 0. The average Bonchev–Trinajstić information content (AvgIpc) is 2.73. The quantitative estimate of drug-likeness (QED) is 0.802. The molecule has 0 aliphatic carbocycles. The molecule has 1 N–H and O–H groups in total. The van der Waals surface area contributed by atoms with Crippen molar-refractivity contribution in [1.29, 1.82) is 0 Å². The Morgan fingerprint density at radius 3 is 3.20 bits per heavy atom. The molecule has 1 atom stereocenters. The number of methoxy groups -OCH3 is 1. The molecule has 1 aromatic rings. The monoisotopic (exact) mass is 211 g/mol. The van der Waals surface area contributed by atoms with Gasteiger partial charge in [0.05, 0.1) is 13.3 Å². The van der Waals surface area contributed by atoms with Gasteiger partial charge < -0.3 is 10.1 Å². The van der Waals surface area contributed by atoms with E-state index in [0.29, 0.717) is 11.7 Å². The maximum absolute atomic E-state index is 13.0. The van der Waals surface area contributed by atoms with Crippen LogP contribution in [-0.2, 0) is 6.42 Å². The number of halogens is 1. The smallest absolute Gasteiger partial charge is 0.253 e. The van der Waals surface area contributed by atoms with Crippen LogP contribution in [0.5, 0.6) is 5.88 Å². The van der Waals surface area contributed by atoms with Crippen LogP contribution in [0.25, 0.3) is 0 Å². The SMILES string of the molecule is COc1nc(C[C@@H]2CCNC2)ncc1F. The van der Waals surface area contributed by atoms with Gasteiger partial charge in [-0.05, 0) is 25.4 Å². The molecule has 4 nitrogen and oxygen atoms in total. The second kappa shape index (κ2) is 4.53. The summed E-state index contributed by atoms with van der Waals surface area (Å²) in [4.78, 5) is 7.97. The first-order valence-electron chi connectivity index (χ1n) is 5.05. The molecule has 0 bridgehead atoms. The zero-order valence-corrected chi connectivity index (χ0v) is 8.66. The minimum atomic E-state index is -0.509. The lowest BCUT2D eigenvalue weighted by Crippen LogP contribution is -2.12. The molecular weight excluding hydrogens is 197 g/mol. The van der Waals surface area contributed by atoms with Crippen molar-refractivity contribution in [3.63, 3.8) is 0 Å². The van der Waals surface area contributed by atoms with Gasteiger partial charge >= 0.3 is 0 Å². The predicted molar refractivity (Wildman–Crippen MR) is 53.2 cm³/mol. The lowest BCUT2D eigenvalue weighted by atomic mass is 10.0. The van der Waals surface area contributed by atoms with Gasteiger partial charge in [-0.15, -0.1) is 0 Å². The van der Waals surface area contributed by atoms with Crippen molar-refractivity contribution in [3.05, 3.63) is 17.8 Å². The Morgan fingerprint density at radius 2 is 2.53 bits per heavy atom. The highest BCUT2D eigenvalue weighted by atomic mass is 19.1. The third-order valence-electron chi connectivity index (χ3n) is 2.59. The normalized spacial score (nSPS) is 20.5. The van der Waals surface area contributed by atoms with Crippen LogP contribution in [0.2, 0.25) is 0 Å². The van der Waals surface area contributed by atoms with Gasteiger partial charge in [-0.25, -0.2) is 4.98 Å². The summed E-state index contributed by atoms with van der Waals surface area (Å²) in [5.41, 5.74) is 0. The first kappa shape index (κ1) is 10.3. The highest BCUT2D eigenvalue weighted by Crippen LogP contribution is 2.16. The van der Waals surface area contributed by atoms with Crippen LogP contribution < -0.4 is 10.1 Å². The molecule has 0 spiro atoms. The van der Waals surface area contributed by atoms with Gasteiger partial charge in [-0.2, -0.15) is 9.37 Å². The number of hydrogen-bond acceptors (Lipinski definition) is 4. The Bertz CT molecular complexity index is 339. The summed E-state index contributed by atoms with van der Waals surface area (Å²) >= 11 is 0. The van der Waals surface area contributed by atoms with Crippen LogP contribution in [0.15, 0.2) is 6.20 Å². The van der Waals surface area contributed by atoms with E-state index in [1.165, 1.54) is 13.3 Å². The van der Waals surface area contributed by atoms with Gasteiger partial charge in [0.25, 0.3) is 5.88 Å². The third-order valence-corrected chi connectivity index (χ3v) is 2.59. The standard InChI is InChI=1S/C10H14FN3O/c1-15-10-8(11)6-13-9(14-10)4-7-2-3-12-5-7/h6-7,12H,2-5H2,1H3/t7-/m0/s1. The Morgan fingerprint density at radius 1 is 1.67 bits per heavy atom. The fourth-order valence-corrected chi connectivity index (χ4v) is 1.77. The Labute approximate surface area is 87.9 Å². The summed E-state index contributed by atoms with van der Waals surface area (Å²) in [5.74, 6) is 0.735. The van der Waals surface area contributed by atoms with Gasteiger partial charge in [0.2, 0.25) is 5.82 Å². The molecule has 5 heteroatoms. The van der Waals surface area contributed by atoms with Crippen molar-refractivity contribution in [2.45, 2.75) is 12.8 Å². The van der Waals surface area contributed by atoms with E-state index in [1.807, 2.05) is 0 Å². The van der Waals surface area contributed by atoms with E-state index in [4.69, 9.17) is 4.74 Å². The fourth-order valence-electron chi connectivity index (χ4n) is 1.77. The lowest BCUT2D eigenvalue weighted by molar-refractivity contribution is 0.363. The van der Waals surface area contributed by atoms with Gasteiger partial charge in [-0.1, -0.05) is 0 Å². The van der Waals surface area contributed by atoms with E-state index in [9.17, 15) is 4.39 Å². The summed E-state index contributed by atoms with van der Waals surface area (Å²) in [7, 11) is 1.41. The van der Waals surface area contributed by atoms with Crippen molar-refractivity contribution in [1.82, 2.24) is 15.3 Å². The molecule has 0 aromatic carbocycles. The summed E-state index contributed by atoms with van der Waals surface area (Å²) in [6.45, 7) is 2.03. The Kier molecular flexibility index (Phi) is 3.11. The molecule has 82 valence electrons. The first-order chi connectivity index (χ1) is 7.29. The molecule has 15 heavy (non-hydrogen) atoms. The largest absolute Gasteiger partial charge is 0.479 e. The molecule has 0 amide bonds. The molecule has 1 aromatic heterocycles. The minimum absolute atomic E-state index is 0.0333.